The van der Waals surface area contributed by atoms with Gasteiger partial charge >= 0.3 is 5.97 Å². The molecule has 6 heteroatoms. The van der Waals surface area contributed by atoms with Crippen LogP contribution in [0.25, 0.3) is 0 Å². The van der Waals surface area contributed by atoms with Crippen LogP contribution in [0.1, 0.15) is 47.1 Å². The molecule has 2 aromatic rings. The number of anilines is 1. The summed E-state index contributed by atoms with van der Waals surface area (Å²) in [4.78, 5) is 36.6. The number of hydrogen-bond donors (Lipinski definition) is 1. The van der Waals surface area contributed by atoms with E-state index in [2.05, 4.69) is 5.32 Å². The van der Waals surface area contributed by atoms with E-state index in [0.29, 0.717) is 22.6 Å². The highest BCUT2D eigenvalue weighted by Crippen LogP contribution is 2.20. The summed E-state index contributed by atoms with van der Waals surface area (Å²) in [6.45, 7) is 6.99. The van der Waals surface area contributed by atoms with Crippen molar-refractivity contribution in [3.8, 4) is 5.75 Å². The van der Waals surface area contributed by atoms with Crippen LogP contribution >= 0.6 is 0 Å². The Morgan fingerprint density at radius 1 is 0.929 bits per heavy atom. The first-order chi connectivity index (χ1) is 13.2. The lowest BCUT2D eigenvalue weighted by molar-refractivity contribution is -0.118. The first-order valence-electron chi connectivity index (χ1n) is 9.03. The summed E-state index contributed by atoms with van der Waals surface area (Å²) in [6, 6.07) is 11.4. The summed E-state index contributed by atoms with van der Waals surface area (Å²) in [5, 5.41) is 2.76. The minimum atomic E-state index is -0.948. The second-order valence-corrected chi connectivity index (χ2v) is 6.82. The van der Waals surface area contributed by atoms with Gasteiger partial charge in [-0.15, -0.1) is 0 Å². The van der Waals surface area contributed by atoms with Crippen molar-refractivity contribution in [2.24, 2.45) is 5.92 Å². The molecule has 0 saturated carbocycles. The van der Waals surface area contributed by atoms with Crippen molar-refractivity contribution >= 4 is 23.3 Å². The summed E-state index contributed by atoms with van der Waals surface area (Å²) in [5.74, 6) is -0.586. The lowest BCUT2D eigenvalue weighted by Gasteiger charge is -2.14. The summed E-state index contributed by atoms with van der Waals surface area (Å²) in [6.07, 6.45) is -0.948. The summed E-state index contributed by atoms with van der Waals surface area (Å²) < 4.78 is 10.5. The van der Waals surface area contributed by atoms with Crippen LogP contribution in [0.3, 0.4) is 0 Å². The van der Waals surface area contributed by atoms with Crippen LogP contribution in [-0.4, -0.2) is 30.9 Å². The number of ketones is 1. The Hall–Kier alpha value is -3.15. The molecule has 1 unspecified atom stereocenters. The topological polar surface area (TPSA) is 81.7 Å². The number of carbonyl (C=O) groups excluding carboxylic acids is 3. The zero-order valence-electron chi connectivity index (χ0n) is 16.7. The molecule has 0 saturated heterocycles. The normalized spacial score (nSPS) is 11.6. The molecule has 0 aromatic heterocycles. The van der Waals surface area contributed by atoms with Gasteiger partial charge in [0.25, 0.3) is 0 Å². The number of esters is 1. The van der Waals surface area contributed by atoms with Gasteiger partial charge in [-0.2, -0.15) is 0 Å². The maximum Gasteiger partial charge on any atom is 0.338 e. The third-order valence-electron chi connectivity index (χ3n) is 4.26. The fourth-order valence-electron chi connectivity index (χ4n) is 2.47. The monoisotopic (exact) mass is 383 g/mol. The predicted octanol–water partition coefficient (Wildman–Crippen LogP) is 4.03. The summed E-state index contributed by atoms with van der Waals surface area (Å²) in [7, 11) is 1.52. The van der Waals surface area contributed by atoms with E-state index in [1.807, 2.05) is 6.92 Å². The van der Waals surface area contributed by atoms with Crippen LogP contribution < -0.4 is 10.1 Å². The molecule has 0 aliphatic carbocycles. The molecule has 28 heavy (non-hydrogen) atoms. The highest BCUT2D eigenvalue weighted by Gasteiger charge is 2.21. The average Bonchev–Trinajstić information content (AvgIpc) is 2.68. The Labute approximate surface area is 164 Å². The Balaban J connectivity index is 2.04. The van der Waals surface area contributed by atoms with Crippen LogP contribution in [-0.2, 0) is 9.53 Å². The number of benzene rings is 2. The van der Waals surface area contributed by atoms with Crippen LogP contribution in [0, 0.1) is 12.8 Å². The van der Waals surface area contributed by atoms with Crippen molar-refractivity contribution in [3.63, 3.8) is 0 Å². The highest BCUT2D eigenvalue weighted by atomic mass is 16.5. The molecular formula is C22H25NO5. The Morgan fingerprint density at radius 2 is 1.54 bits per heavy atom. The molecule has 0 heterocycles. The molecule has 1 atom stereocenters. The van der Waals surface area contributed by atoms with Crippen molar-refractivity contribution < 1.29 is 23.9 Å². The largest absolute Gasteiger partial charge is 0.496 e. The first kappa shape index (κ1) is 21.2. The van der Waals surface area contributed by atoms with E-state index in [4.69, 9.17) is 9.47 Å². The number of rotatable bonds is 7. The van der Waals surface area contributed by atoms with Crippen molar-refractivity contribution in [2.75, 3.05) is 12.4 Å². The van der Waals surface area contributed by atoms with E-state index in [-0.39, 0.29) is 17.6 Å². The molecule has 6 nitrogen and oxygen atoms in total. The van der Waals surface area contributed by atoms with Crippen LogP contribution in [0.2, 0.25) is 0 Å². The van der Waals surface area contributed by atoms with Crippen molar-refractivity contribution in [3.05, 3.63) is 59.2 Å². The zero-order valence-corrected chi connectivity index (χ0v) is 16.7. The fourth-order valence-corrected chi connectivity index (χ4v) is 2.47. The molecule has 0 aliphatic rings. The maximum absolute atomic E-state index is 12.5. The summed E-state index contributed by atoms with van der Waals surface area (Å²) in [5.41, 5.74) is 2.21. The second kappa shape index (κ2) is 9.17. The summed E-state index contributed by atoms with van der Waals surface area (Å²) >= 11 is 0. The average molecular weight is 383 g/mol. The second-order valence-electron chi connectivity index (χ2n) is 6.82. The Morgan fingerprint density at radius 3 is 2.11 bits per heavy atom. The lowest BCUT2D eigenvalue weighted by Crippen LogP contribution is -2.24. The number of amides is 1. The van der Waals surface area contributed by atoms with E-state index >= 15 is 0 Å². The molecule has 0 aliphatic heterocycles. The molecule has 2 rings (SSSR count). The van der Waals surface area contributed by atoms with Crippen LogP contribution in [0.5, 0.6) is 5.75 Å². The van der Waals surface area contributed by atoms with Gasteiger partial charge < -0.3 is 14.8 Å². The van der Waals surface area contributed by atoms with Gasteiger partial charge in [-0.05, 0) is 55.8 Å². The minimum absolute atomic E-state index is 0.102. The van der Waals surface area contributed by atoms with Crippen LogP contribution in [0.4, 0.5) is 5.69 Å². The van der Waals surface area contributed by atoms with Gasteiger partial charge in [0.05, 0.1) is 12.7 Å². The van der Waals surface area contributed by atoms with E-state index in [1.54, 1.807) is 56.3 Å². The maximum atomic E-state index is 12.5. The number of carbonyl (C=O) groups is 3. The van der Waals surface area contributed by atoms with Gasteiger partial charge in [0.1, 0.15) is 5.75 Å². The van der Waals surface area contributed by atoms with E-state index in [0.717, 1.165) is 5.56 Å². The Kier molecular flexibility index (Phi) is 6.93. The first-order valence-corrected chi connectivity index (χ1v) is 9.03. The lowest BCUT2D eigenvalue weighted by atomic mass is 10.1. The zero-order chi connectivity index (χ0) is 20.8. The number of Topliss-reactive ketones (excluding diaryl/α,β-unsaturated/α-hetero) is 1. The molecule has 1 amide bonds. The highest BCUT2D eigenvalue weighted by molar-refractivity contribution is 6.02. The standard InChI is InChI=1S/C22H25NO5/c1-13(2)21(25)23-18-10-8-16(9-11-18)20(24)15(4)28-22(26)17-7-6-14(3)19(12-17)27-5/h6-13,15H,1-5H3,(H,23,25). The smallest absolute Gasteiger partial charge is 0.338 e. The van der Waals surface area contributed by atoms with Crippen LogP contribution in [0.15, 0.2) is 42.5 Å². The van der Waals surface area contributed by atoms with Crippen molar-refractivity contribution in [1.82, 2.24) is 0 Å². The number of aryl methyl sites for hydroxylation is 1. The number of nitrogens with one attached hydrogen (secondary N) is 1. The number of ether oxygens (including phenoxy) is 2. The molecule has 0 bridgehead atoms. The van der Waals surface area contributed by atoms with Crippen molar-refractivity contribution in [2.45, 2.75) is 33.8 Å². The SMILES string of the molecule is COc1cc(C(=O)OC(C)C(=O)c2ccc(NC(=O)C(C)C)cc2)ccc1C. The number of methoxy groups -OCH3 is 1. The molecular weight excluding hydrogens is 358 g/mol. The third kappa shape index (κ3) is 5.19. The van der Waals surface area contributed by atoms with Gasteiger partial charge in [-0.25, -0.2) is 4.79 Å². The van der Waals surface area contributed by atoms with Gasteiger partial charge in [-0.1, -0.05) is 19.9 Å². The molecule has 2 aromatic carbocycles. The minimum Gasteiger partial charge on any atom is -0.496 e. The van der Waals surface area contributed by atoms with E-state index in [1.165, 1.54) is 14.0 Å². The molecule has 1 N–H and O–H groups in total. The third-order valence-corrected chi connectivity index (χ3v) is 4.26. The van der Waals surface area contributed by atoms with Gasteiger partial charge in [0, 0.05) is 17.2 Å². The van der Waals surface area contributed by atoms with Crippen molar-refractivity contribution in [1.29, 1.82) is 0 Å². The van der Waals surface area contributed by atoms with Gasteiger partial charge in [-0.3, -0.25) is 9.59 Å². The molecule has 0 fully saturated rings. The number of hydrogen-bond acceptors (Lipinski definition) is 5. The molecule has 0 radical (unpaired) electrons. The quantitative estimate of drug-likeness (QED) is 0.577. The fraction of sp³-hybridized carbons (Fsp3) is 0.318. The van der Waals surface area contributed by atoms with Gasteiger partial charge in [0.2, 0.25) is 11.7 Å². The Bertz CT molecular complexity index is 871. The molecule has 0 spiro atoms. The van der Waals surface area contributed by atoms with E-state index in [9.17, 15) is 14.4 Å². The molecule has 148 valence electrons. The predicted molar refractivity (Wildman–Crippen MR) is 107 cm³/mol. The van der Waals surface area contributed by atoms with E-state index < -0.39 is 12.1 Å². The van der Waals surface area contributed by atoms with Gasteiger partial charge in [0.15, 0.2) is 6.10 Å².